The summed E-state index contributed by atoms with van der Waals surface area (Å²) in [6.07, 6.45) is 3.61. The zero-order valence-electron chi connectivity index (χ0n) is 12.1. The van der Waals surface area contributed by atoms with Crippen LogP contribution in [0.5, 0.6) is 5.75 Å². The Hall–Kier alpha value is -2.01. The molecule has 22 heavy (non-hydrogen) atoms. The molecule has 0 bridgehead atoms. The maximum absolute atomic E-state index is 10.0. The summed E-state index contributed by atoms with van der Waals surface area (Å²) in [7, 11) is 0. The van der Waals surface area contributed by atoms with E-state index in [4.69, 9.17) is 4.98 Å². The van der Waals surface area contributed by atoms with Crippen molar-refractivity contribution in [1.29, 1.82) is 0 Å². The molecule has 3 aromatic rings. The van der Waals surface area contributed by atoms with E-state index >= 15 is 0 Å². The number of phenols is 1. The second kappa shape index (κ2) is 5.65. The van der Waals surface area contributed by atoms with Crippen LogP contribution in [0, 0.1) is 0 Å². The van der Waals surface area contributed by atoms with Gasteiger partial charge in [0.05, 0.1) is 0 Å². The maximum Gasteiger partial charge on any atom is 0.160 e. The lowest BCUT2D eigenvalue weighted by molar-refractivity contribution is 0.467. The number of aromatic nitrogens is 3. The third-order valence-electron chi connectivity index (χ3n) is 4.13. The number of rotatable bonds is 3. The van der Waals surface area contributed by atoms with Gasteiger partial charge in [-0.2, -0.15) is 11.8 Å². The molecule has 1 saturated heterocycles. The smallest absolute Gasteiger partial charge is 0.160 e. The second-order valence-corrected chi connectivity index (χ2v) is 6.72. The van der Waals surface area contributed by atoms with Crippen molar-refractivity contribution in [3.63, 3.8) is 0 Å². The highest BCUT2D eigenvalue weighted by Crippen LogP contribution is 2.32. The van der Waals surface area contributed by atoms with E-state index in [9.17, 15) is 5.11 Å². The standard InChI is InChI=1S/C17H17N3OS/c21-15-6-2-1-4-12(15)10-16-19-14-5-3-8-18-17(14)20(16)13-7-9-22-11-13/h1-6,8,13,21H,7,9-11H2. The van der Waals surface area contributed by atoms with E-state index in [1.54, 1.807) is 6.07 Å². The lowest BCUT2D eigenvalue weighted by atomic mass is 10.1. The van der Waals surface area contributed by atoms with E-state index in [2.05, 4.69) is 9.55 Å². The van der Waals surface area contributed by atoms with E-state index < -0.39 is 0 Å². The number of thioether (sulfide) groups is 1. The van der Waals surface area contributed by atoms with Crippen LogP contribution in [0.3, 0.4) is 0 Å². The third kappa shape index (κ3) is 2.35. The first-order valence-corrected chi connectivity index (χ1v) is 8.65. The summed E-state index contributed by atoms with van der Waals surface area (Å²) in [6.45, 7) is 0. The molecule has 1 N–H and O–H groups in total. The summed E-state index contributed by atoms with van der Waals surface area (Å²) in [6, 6.07) is 11.9. The number of aromatic hydroxyl groups is 1. The Bertz CT molecular complexity index is 809. The van der Waals surface area contributed by atoms with Crippen LogP contribution in [0.15, 0.2) is 42.6 Å². The molecule has 3 heterocycles. The zero-order chi connectivity index (χ0) is 14.9. The van der Waals surface area contributed by atoms with Crippen molar-refractivity contribution >= 4 is 22.9 Å². The van der Waals surface area contributed by atoms with Gasteiger partial charge in [0.15, 0.2) is 5.65 Å². The van der Waals surface area contributed by atoms with Crippen LogP contribution in [0.25, 0.3) is 11.2 Å². The molecule has 0 radical (unpaired) electrons. The molecule has 1 fully saturated rings. The van der Waals surface area contributed by atoms with Crippen molar-refractivity contribution in [2.75, 3.05) is 11.5 Å². The predicted molar refractivity (Wildman–Crippen MR) is 89.4 cm³/mol. The topological polar surface area (TPSA) is 50.9 Å². The van der Waals surface area contributed by atoms with E-state index in [-0.39, 0.29) is 0 Å². The highest BCUT2D eigenvalue weighted by atomic mass is 32.2. The SMILES string of the molecule is Oc1ccccc1Cc1nc2cccnc2n1C1CCSC1. The first-order chi connectivity index (χ1) is 10.8. The first kappa shape index (κ1) is 13.6. The molecule has 0 saturated carbocycles. The first-order valence-electron chi connectivity index (χ1n) is 7.49. The van der Waals surface area contributed by atoms with Crippen LogP contribution in [-0.2, 0) is 6.42 Å². The lowest BCUT2D eigenvalue weighted by Crippen LogP contribution is -2.12. The van der Waals surface area contributed by atoms with E-state index in [1.165, 1.54) is 5.75 Å². The fraction of sp³-hybridized carbons (Fsp3) is 0.294. The van der Waals surface area contributed by atoms with Crippen LogP contribution >= 0.6 is 11.8 Å². The highest BCUT2D eigenvalue weighted by Gasteiger charge is 2.24. The Morgan fingerprint density at radius 2 is 2.14 bits per heavy atom. The van der Waals surface area contributed by atoms with Crippen molar-refractivity contribution in [3.8, 4) is 5.75 Å². The van der Waals surface area contributed by atoms with Crippen LogP contribution in [0.1, 0.15) is 23.9 Å². The minimum Gasteiger partial charge on any atom is -0.508 e. The fourth-order valence-corrected chi connectivity index (χ4v) is 4.23. The van der Waals surface area contributed by atoms with Gasteiger partial charge in [0, 0.05) is 30.0 Å². The number of fused-ring (bicyclic) bond motifs is 1. The predicted octanol–water partition coefficient (Wildman–Crippen LogP) is 3.41. The quantitative estimate of drug-likeness (QED) is 0.805. The van der Waals surface area contributed by atoms with Gasteiger partial charge in [-0.1, -0.05) is 18.2 Å². The van der Waals surface area contributed by atoms with Gasteiger partial charge >= 0.3 is 0 Å². The minimum atomic E-state index is 0.329. The van der Waals surface area contributed by atoms with Gasteiger partial charge in [0.25, 0.3) is 0 Å². The Balaban J connectivity index is 1.82. The molecular formula is C17H17N3OS. The highest BCUT2D eigenvalue weighted by molar-refractivity contribution is 7.99. The van der Waals surface area contributed by atoms with E-state index in [1.807, 2.05) is 48.3 Å². The molecule has 1 unspecified atom stereocenters. The van der Waals surface area contributed by atoms with Gasteiger partial charge < -0.3 is 9.67 Å². The molecule has 4 nitrogen and oxygen atoms in total. The van der Waals surface area contributed by atoms with Crippen molar-refractivity contribution in [2.24, 2.45) is 0 Å². The molecular weight excluding hydrogens is 294 g/mol. The molecule has 2 aromatic heterocycles. The Labute approximate surface area is 133 Å². The van der Waals surface area contributed by atoms with Gasteiger partial charge in [-0.25, -0.2) is 9.97 Å². The maximum atomic E-state index is 10.0. The second-order valence-electron chi connectivity index (χ2n) is 5.57. The number of phenolic OH excluding ortho intramolecular Hbond substituents is 1. The largest absolute Gasteiger partial charge is 0.508 e. The number of benzene rings is 1. The van der Waals surface area contributed by atoms with Gasteiger partial charge in [-0.3, -0.25) is 0 Å². The van der Waals surface area contributed by atoms with Crippen molar-refractivity contribution < 1.29 is 5.11 Å². The lowest BCUT2D eigenvalue weighted by Gasteiger charge is -2.15. The van der Waals surface area contributed by atoms with Crippen LogP contribution in [0.2, 0.25) is 0 Å². The summed E-state index contributed by atoms with van der Waals surface area (Å²) in [5.41, 5.74) is 2.80. The average Bonchev–Trinajstić information content (AvgIpc) is 3.16. The molecule has 1 aliphatic rings. The molecule has 0 aliphatic carbocycles. The van der Waals surface area contributed by atoms with Gasteiger partial charge in [0.1, 0.15) is 17.1 Å². The molecule has 1 aromatic carbocycles. The molecule has 4 rings (SSSR count). The van der Waals surface area contributed by atoms with Crippen LogP contribution < -0.4 is 0 Å². The summed E-state index contributed by atoms with van der Waals surface area (Å²) >= 11 is 1.98. The van der Waals surface area contributed by atoms with Crippen molar-refractivity contribution in [2.45, 2.75) is 18.9 Å². The zero-order valence-corrected chi connectivity index (χ0v) is 13.0. The van der Waals surface area contributed by atoms with Crippen molar-refractivity contribution in [1.82, 2.24) is 14.5 Å². The average molecular weight is 311 g/mol. The van der Waals surface area contributed by atoms with E-state index in [0.29, 0.717) is 18.2 Å². The Morgan fingerprint density at radius 1 is 1.23 bits per heavy atom. The van der Waals surface area contributed by atoms with Gasteiger partial charge in [-0.15, -0.1) is 0 Å². The van der Waals surface area contributed by atoms with Crippen LogP contribution in [0.4, 0.5) is 0 Å². The number of para-hydroxylation sites is 1. The Kier molecular flexibility index (Phi) is 3.50. The summed E-state index contributed by atoms with van der Waals surface area (Å²) in [4.78, 5) is 9.31. The molecule has 0 spiro atoms. The van der Waals surface area contributed by atoms with Gasteiger partial charge in [0.2, 0.25) is 0 Å². The molecule has 1 atom stereocenters. The number of nitrogens with zero attached hydrogens (tertiary/aromatic N) is 3. The summed E-state index contributed by atoms with van der Waals surface area (Å²) < 4.78 is 2.28. The van der Waals surface area contributed by atoms with E-state index in [0.717, 1.165) is 34.7 Å². The van der Waals surface area contributed by atoms with Gasteiger partial charge in [-0.05, 0) is 30.4 Å². The number of imidazole rings is 1. The molecule has 5 heteroatoms. The van der Waals surface area contributed by atoms with Crippen LogP contribution in [-0.4, -0.2) is 31.1 Å². The summed E-state index contributed by atoms with van der Waals surface area (Å²) in [5, 5.41) is 10.0. The minimum absolute atomic E-state index is 0.329. The molecule has 1 aliphatic heterocycles. The normalized spacial score (nSPS) is 18.1. The molecule has 112 valence electrons. The van der Waals surface area contributed by atoms with Crippen molar-refractivity contribution in [3.05, 3.63) is 54.0 Å². The third-order valence-corrected chi connectivity index (χ3v) is 5.28. The number of hydrogen-bond donors (Lipinski definition) is 1. The fourth-order valence-electron chi connectivity index (χ4n) is 3.04. The number of pyridine rings is 1. The summed E-state index contributed by atoms with van der Waals surface area (Å²) in [5.74, 6) is 3.61. The monoisotopic (exact) mass is 311 g/mol. The molecule has 0 amide bonds. The Morgan fingerprint density at radius 3 is 2.95 bits per heavy atom. The number of hydrogen-bond acceptors (Lipinski definition) is 4.